The first-order chi connectivity index (χ1) is 16.6. The van der Waals surface area contributed by atoms with Gasteiger partial charge in [0.2, 0.25) is 0 Å². The van der Waals surface area contributed by atoms with Crippen LogP contribution >= 0.6 is 0 Å². The maximum Gasteiger partial charge on any atom is 0.272 e. The monoisotopic (exact) mass is 456 g/mol. The Morgan fingerprint density at radius 1 is 1.00 bits per heavy atom. The SMILES string of the molecule is O=C(NCc1ccc(F)cc1)c1nc(C2CCCN(C(=O)c3ccccc3)C2)n2ccccc12. The third-order valence-electron chi connectivity index (χ3n) is 6.25. The molecule has 2 aromatic carbocycles. The fourth-order valence-electron chi connectivity index (χ4n) is 4.52. The minimum atomic E-state index is -0.313. The molecule has 1 saturated heterocycles. The predicted molar refractivity (Wildman–Crippen MR) is 127 cm³/mol. The molecular weight excluding hydrogens is 431 g/mol. The second-order valence-electron chi connectivity index (χ2n) is 8.54. The third kappa shape index (κ3) is 4.41. The molecule has 2 amide bonds. The van der Waals surface area contributed by atoms with Gasteiger partial charge >= 0.3 is 0 Å². The summed E-state index contributed by atoms with van der Waals surface area (Å²) in [6.45, 7) is 1.54. The Balaban J connectivity index is 1.38. The number of rotatable bonds is 5. The highest BCUT2D eigenvalue weighted by Crippen LogP contribution is 2.29. The topological polar surface area (TPSA) is 66.7 Å². The molecule has 7 heteroatoms. The number of halogens is 1. The Morgan fingerprint density at radius 2 is 1.76 bits per heavy atom. The number of aromatic nitrogens is 2. The van der Waals surface area contributed by atoms with Crippen molar-refractivity contribution in [3.63, 3.8) is 0 Å². The van der Waals surface area contributed by atoms with Crippen LogP contribution in [0.15, 0.2) is 79.0 Å². The number of nitrogens with zero attached hydrogens (tertiary/aromatic N) is 3. The summed E-state index contributed by atoms with van der Waals surface area (Å²) in [6, 6.07) is 21.0. The molecule has 34 heavy (non-hydrogen) atoms. The molecule has 1 aliphatic rings. The number of likely N-dealkylation sites (tertiary alicyclic amines) is 1. The number of benzene rings is 2. The Morgan fingerprint density at radius 3 is 2.56 bits per heavy atom. The second kappa shape index (κ2) is 9.47. The summed E-state index contributed by atoms with van der Waals surface area (Å²) in [5.41, 5.74) is 2.56. The smallest absolute Gasteiger partial charge is 0.272 e. The average molecular weight is 457 g/mol. The van der Waals surface area contributed by atoms with Gasteiger partial charge in [0.1, 0.15) is 11.6 Å². The van der Waals surface area contributed by atoms with Gasteiger partial charge in [-0.2, -0.15) is 0 Å². The zero-order chi connectivity index (χ0) is 23.5. The normalized spacial score (nSPS) is 15.9. The molecule has 0 spiro atoms. The number of nitrogens with one attached hydrogen (secondary N) is 1. The van der Waals surface area contributed by atoms with E-state index in [1.807, 2.05) is 64.0 Å². The van der Waals surface area contributed by atoms with Gasteiger partial charge in [0.25, 0.3) is 11.8 Å². The van der Waals surface area contributed by atoms with Crippen LogP contribution in [0, 0.1) is 5.82 Å². The van der Waals surface area contributed by atoms with Crippen LogP contribution in [-0.2, 0) is 6.54 Å². The molecule has 0 bridgehead atoms. The van der Waals surface area contributed by atoms with Crippen molar-refractivity contribution in [2.75, 3.05) is 13.1 Å². The van der Waals surface area contributed by atoms with E-state index < -0.39 is 0 Å². The molecular formula is C27H25FN4O2. The van der Waals surface area contributed by atoms with Crippen LogP contribution in [0.25, 0.3) is 5.52 Å². The Bertz CT molecular complexity index is 1320. The Labute approximate surface area is 197 Å². The zero-order valence-electron chi connectivity index (χ0n) is 18.7. The van der Waals surface area contributed by atoms with Crippen LogP contribution in [0.3, 0.4) is 0 Å². The molecule has 1 aliphatic heterocycles. The Hall–Kier alpha value is -4.00. The quantitative estimate of drug-likeness (QED) is 0.483. The van der Waals surface area contributed by atoms with Crippen LogP contribution in [0.2, 0.25) is 0 Å². The van der Waals surface area contributed by atoms with E-state index in [1.54, 1.807) is 12.1 Å². The summed E-state index contributed by atoms with van der Waals surface area (Å²) in [7, 11) is 0. The van der Waals surface area contributed by atoms with Crippen LogP contribution in [0.5, 0.6) is 0 Å². The van der Waals surface area contributed by atoms with Crippen LogP contribution in [0.1, 0.15) is 51.0 Å². The van der Waals surface area contributed by atoms with E-state index in [0.717, 1.165) is 29.7 Å². The van der Waals surface area contributed by atoms with Crippen molar-refractivity contribution in [1.82, 2.24) is 19.6 Å². The van der Waals surface area contributed by atoms with E-state index in [4.69, 9.17) is 4.98 Å². The van der Waals surface area contributed by atoms with E-state index in [2.05, 4.69) is 5.32 Å². The molecule has 3 heterocycles. The predicted octanol–water partition coefficient (Wildman–Crippen LogP) is 4.42. The highest BCUT2D eigenvalue weighted by atomic mass is 19.1. The number of piperidine rings is 1. The summed E-state index contributed by atoms with van der Waals surface area (Å²) in [4.78, 5) is 32.7. The first-order valence-corrected chi connectivity index (χ1v) is 11.4. The minimum absolute atomic E-state index is 0.0171. The number of hydrogen-bond donors (Lipinski definition) is 1. The number of fused-ring (bicyclic) bond motifs is 1. The maximum absolute atomic E-state index is 13.2. The number of imidazole rings is 1. The van der Waals surface area contributed by atoms with E-state index in [-0.39, 0.29) is 30.1 Å². The number of hydrogen-bond acceptors (Lipinski definition) is 3. The molecule has 1 fully saturated rings. The van der Waals surface area contributed by atoms with Gasteiger partial charge in [-0.15, -0.1) is 0 Å². The molecule has 0 saturated carbocycles. The van der Waals surface area contributed by atoms with Gasteiger partial charge in [-0.3, -0.25) is 9.59 Å². The van der Waals surface area contributed by atoms with E-state index in [9.17, 15) is 14.0 Å². The fraction of sp³-hybridized carbons (Fsp3) is 0.222. The Kier molecular flexibility index (Phi) is 6.08. The molecule has 4 aromatic rings. The van der Waals surface area contributed by atoms with Gasteiger partial charge < -0.3 is 14.6 Å². The molecule has 0 radical (unpaired) electrons. The van der Waals surface area contributed by atoms with Crippen molar-refractivity contribution in [3.05, 3.63) is 107 Å². The fourth-order valence-corrected chi connectivity index (χ4v) is 4.52. The van der Waals surface area contributed by atoms with E-state index in [1.165, 1.54) is 12.1 Å². The standard InChI is InChI=1S/C27H25FN4O2/c28-22-13-11-19(12-14-22)17-29-26(33)24-23-10-4-5-16-32(23)25(30-24)21-9-6-15-31(18-21)27(34)20-7-2-1-3-8-20/h1-5,7-8,10-14,16,21H,6,9,15,17-18H2,(H,29,33). The van der Waals surface area contributed by atoms with Crippen molar-refractivity contribution in [3.8, 4) is 0 Å². The van der Waals surface area contributed by atoms with Crippen molar-refractivity contribution < 1.29 is 14.0 Å². The zero-order valence-corrected chi connectivity index (χ0v) is 18.7. The molecule has 6 nitrogen and oxygen atoms in total. The van der Waals surface area contributed by atoms with Crippen LogP contribution in [-0.4, -0.2) is 39.2 Å². The number of carbonyl (C=O) groups is 2. The number of amides is 2. The van der Waals surface area contributed by atoms with Gasteiger partial charge in [0.15, 0.2) is 5.69 Å². The maximum atomic E-state index is 13.2. The van der Waals surface area contributed by atoms with E-state index >= 15 is 0 Å². The first kappa shape index (κ1) is 21.8. The molecule has 2 aromatic heterocycles. The largest absolute Gasteiger partial charge is 0.347 e. The van der Waals surface area contributed by atoms with Gasteiger partial charge in [-0.25, -0.2) is 9.37 Å². The van der Waals surface area contributed by atoms with Crippen molar-refractivity contribution in [2.45, 2.75) is 25.3 Å². The van der Waals surface area contributed by atoms with Crippen molar-refractivity contribution >= 4 is 17.3 Å². The van der Waals surface area contributed by atoms with Crippen LogP contribution in [0.4, 0.5) is 4.39 Å². The van der Waals surface area contributed by atoms with Gasteiger partial charge in [-0.1, -0.05) is 36.4 Å². The molecule has 0 aliphatic carbocycles. The van der Waals surface area contributed by atoms with Gasteiger partial charge in [-0.05, 0) is 54.8 Å². The molecule has 1 unspecified atom stereocenters. The van der Waals surface area contributed by atoms with Gasteiger partial charge in [0, 0.05) is 37.3 Å². The lowest BCUT2D eigenvalue weighted by molar-refractivity contribution is 0.0703. The highest BCUT2D eigenvalue weighted by molar-refractivity contribution is 5.99. The van der Waals surface area contributed by atoms with Crippen molar-refractivity contribution in [2.24, 2.45) is 0 Å². The molecule has 5 rings (SSSR count). The van der Waals surface area contributed by atoms with E-state index in [0.29, 0.717) is 24.3 Å². The summed E-state index contributed by atoms with van der Waals surface area (Å²) in [5.74, 6) is 0.228. The first-order valence-electron chi connectivity index (χ1n) is 11.4. The molecule has 172 valence electrons. The third-order valence-corrected chi connectivity index (χ3v) is 6.25. The summed E-state index contributed by atoms with van der Waals surface area (Å²) < 4.78 is 15.1. The number of pyridine rings is 1. The summed E-state index contributed by atoms with van der Waals surface area (Å²) in [6.07, 6.45) is 3.67. The molecule has 1 N–H and O–H groups in total. The second-order valence-corrected chi connectivity index (χ2v) is 8.54. The summed E-state index contributed by atoms with van der Waals surface area (Å²) >= 11 is 0. The lowest BCUT2D eigenvalue weighted by Crippen LogP contribution is -2.39. The average Bonchev–Trinajstić information content (AvgIpc) is 3.28. The van der Waals surface area contributed by atoms with Crippen LogP contribution < -0.4 is 5.32 Å². The lowest BCUT2D eigenvalue weighted by Gasteiger charge is -2.32. The number of carbonyl (C=O) groups excluding carboxylic acids is 2. The lowest BCUT2D eigenvalue weighted by atomic mass is 9.96. The van der Waals surface area contributed by atoms with Gasteiger partial charge in [0.05, 0.1) is 5.52 Å². The summed E-state index contributed by atoms with van der Waals surface area (Å²) in [5, 5.41) is 2.89. The molecule has 1 atom stereocenters. The minimum Gasteiger partial charge on any atom is -0.347 e. The van der Waals surface area contributed by atoms with Crippen molar-refractivity contribution in [1.29, 1.82) is 0 Å². The highest BCUT2D eigenvalue weighted by Gasteiger charge is 2.29.